The number of rotatable bonds is 5. The number of hydrogen-bond donors (Lipinski definition) is 0. The van der Waals surface area contributed by atoms with E-state index in [-0.39, 0.29) is 11.5 Å². The maximum Gasteiger partial charge on any atom is 0.224 e. The van der Waals surface area contributed by atoms with Crippen LogP contribution in [0, 0.1) is 10.1 Å². The van der Waals surface area contributed by atoms with E-state index in [0.717, 1.165) is 24.8 Å². The summed E-state index contributed by atoms with van der Waals surface area (Å²) in [5, 5.41) is 10.1. The van der Waals surface area contributed by atoms with Crippen molar-refractivity contribution in [1.82, 2.24) is 0 Å². The van der Waals surface area contributed by atoms with Crippen LogP contribution in [0.3, 0.4) is 0 Å². The predicted molar refractivity (Wildman–Crippen MR) is 45.1 cm³/mol. The van der Waals surface area contributed by atoms with Gasteiger partial charge in [0.25, 0.3) is 0 Å². The van der Waals surface area contributed by atoms with Gasteiger partial charge < -0.3 is 0 Å². The molecule has 0 fully saturated rings. The van der Waals surface area contributed by atoms with Crippen molar-refractivity contribution in [1.29, 1.82) is 0 Å². The molecule has 0 heterocycles. The van der Waals surface area contributed by atoms with E-state index in [2.05, 4.69) is 0 Å². The molecule has 0 saturated heterocycles. The topological polar surface area (TPSA) is 43.1 Å². The minimum absolute atomic E-state index is 0.0156. The molecule has 0 aromatic rings. The van der Waals surface area contributed by atoms with Gasteiger partial charge in [-0.05, 0) is 18.4 Å². The van der Waals surface area contributed by atoms with Gasteiger partial charge in [0.1, 0.15) is 0 Å². The van der Waals surface area contributed by atoms with Crippen molar-refractivity contribution in [2.45, 2.75) is 33.1 Å². The molecule has 0 aromatic heterocycles. The van der Waals surface area contributed by atoms with Gasteiger partial charge in [-0.25, -0.2) is 0 Å². The summed E-state index contributed by atoms with van der Waals surface area (Å²) in [4.78, 5) is 9.86. The highest BCUT2D eigenvalue weighted by Crippen LogP contribution is 2.05. The molecule has 0 N–H and O–H groups in total. The maximum absolute atomic E-state index is 10.1. The lowest BCUT2D eigenvalue weighted by atomic mass is 10.1. The monoisotopic (exact) mass is 157 g/mol. The standard InChI is InChI=1S/C8H15NO2/c1-3-5-8(6-4-2)7-9(10)11/h5H,3-4,6-7H2,1-2H3. The number of allylic oxidation sites excluding steroid dienone is 1. The van der Waals surface area contributed by atoms with E-state index in [4.69, 9.17) is 0 Å². The molecule has 0 aliphatic carbocycles. The molecule has 0 spiro atoms. The van der Waals surface area contributed by atoms with Gasteiger partial charge in [-0.1, -0.05) is 26.3 Å². The molecule has 0 atom stereocenters. The van der Waals surface area contributed by atoms with Crippen molar-refractivity contribution in [3.8, 4) is 0 Å². The normalized spacial score (nSPS) is 11.6. The highest BCUT2D eigenvalue weighted by molar-refractivity contribution is 5.01. The molecule has 0 aromatic carbocycles. The first-order valence-corrected chi connectivity index (χ1v) is 4.00. The zero-order valence-electron chi connectivity index (χ0n) is 7.17. The summed E-state index contributed by atoms with van der Waals surface area (Å²) in [5.41, 5.74) is 0.958. The fraction of sp³-hybridized carbons (Fsp3) is 0.750. The van der Waals surface area contributed by atoms with E-state index >= 15 is 0 Å². The maximum atomic E-state index is 10.1. The highest BCUT2D eigenvalue weighted by Gasteiger charge is 2.02. The van der Waals surface area contributed by atoms with Gasteiger partial charge in [0.05, 0.1) is 0 Å². The van der Waals surface area contributed by atoms with E-state index in [0.29, 0.717) is 0 Å². The quantitative estimate of drug-likeness (QED) is 0.349. The van der Waals surface area contributed by atoms with Crippen molar-refractivity contribution < 1.29 is 4.92 Å². The molecule has 0 radical (unpaired) electrons. The Bertz CT molecular complexity index is 152. The molecule has 3 heteroatoms. The zero-order chi connectivity index (χ0) is 8.69. The van der Waals surface area contributed by atoms with Crippen LogP contribution in [0.5, 0.6) is 0 Å². The molecule has 0 unspecified atom stereocenters. The lowest BCUT2D eigenvalue weighted by Crippen LogP contribution is -2.03. The molecule has 11 heavy (non-hydrogen) atoms. The third-order valence-electron chi connectivity index (χ3n) is 1.40. The number of hydrogen-bond acceptors (Lipinski definition) is 2. The minimum atomic E-state index is -0.267. The number of nitro groups is 1. The first kappa shape index (κ1) is 10.1. The molecule has 0 saturated carbocycles. The van der Waals surface area contributed by atoms with Crippen LogP contribution in [0.4, 0.5) is 0 Å². The first-order chi connectivity index (χ1) is 5.20. The molecule has 0 aliphatic heterocycles. The van der Waals surface area contributed by atoms with Crippen molar-refractivity contribution in [2.24, 2.45) is 0 Å². The molecule has 64 valence electrons. The van der Waals surface area contributed by atoms with Gasteiger partial charge in [0.15, 0.2) is 0 Å². The van der Waals surface area contributed by atoms with Crippen LogP contribution < -0.4 is 0 Å². The average Bonchev–Trinajstić information content (AvgIpc) is 1.87. The van der Waals surface area contributed by atoms with Crippen LogP contribution in [-0.2, 0) is 0 Å². The van der Waals surface area contributed by atoms with E-state index in [1.54, 1.807) is 0 Å². The van der Waals surface area contributed by atoms with Crippen LogP contribution in [0.15, 0.2) is 11.6 Å². The Labute approximate surface area is 67.3 Å². The van der Waals surface area contributed by atoms with Crippen LogP contribution in [-0.4, -0.2) is 11.5 Å². The number of nitrogens with zero attached hydrogens (tertiary/aromatic N) is 1. The Kier molecular flexibility index (Phi) is 5.43. The molecule has 0 bridgehead atoms. The summed E-state index contributed by atoms with van der Waals surface area (Å²) >= 11 is 0. The first-order valence-electron chi connectivity index (χ1n) is 4.00. The van der Waals surface area contributed by atoms with E-state index < -0.39 is 0 Å². The Balaban J connectivity index is 3.89. The third kappa shape index (κ3) is 5.58. The van der Waals surface area contributed by atoms with Gasteiger partial charge in [0.2, 0.25) is 6.54 Å². The summed E-state index contributed by atoms with van der Waals surface area (Å²) < 4.78 is 0. The fourth-order valence-electron chi connectivity index (χ4n) is 1.02. The lowest BCUT2D eigenvalue weighted by molar-refractivity contribution is -0.471. The Morgan fingerprint density at radius 1 is 1.55 bits per heavy atom. The third-order valence-corrected chi connectivity index (χ3v) is 1.40. The highest BCUT2D eigenvalue weighted by atomic mass is 16.6. The summed E-state index contributed by atoms with van der Waals surface area (Å²) in [7, 11) is 0. The molecule has 0 aliphatic rings. The van der Waals surface area contributed by atoms with Gasteiger partial charge in [-0.3, -0.25) is 10.1 Å². The largest absolute Gasteiger partial charge is 0.264 e. The molecule has 0 rings (SSSR count). The molecule has 0 amide bonds. The molecular weight excluding hydrogens is 142 g/mol. The Morgan fingerprint density at radius 2 is 2.18 bits per heavy atom. The SMILES string of the molecule is CCC=C(CCC)C[N+](=O)[O-]. The summed E-state index contributed by atoms with van der Waals surface area (Å²) in [6, 6.07) is 0. The van der Waals surface area contributed by atoms with E-state index in [1.807, 2.05) is 19.9 Å². The fourth-order valence-corrected chi connectivity index (χ4v) is 1.02. The average molecular weight is 157 g/mol. The predicted octanol–water partition coefficient (Wildman–Crippen LogP) is 2.40. The zero-order valence-corrected chi connectivity index (χ0v) is 7.17. The molecule has 3 nitrogen and oxygen atoms in total. The summed E-state index contributed by atoms with van der Waals surface area (Å²) in [6.07, 6.45) is 4.68. The summed E-state index contributed by atoms with van der Waals surface area (Å²) in [6.45, 7) is 4.04. The Morgan fingerprint density at radius 3 is 2.55 bits per heavy atom. The second-order valence-electron chi connectivity index (χ2n) is 2.51. The van der Waals surface area contributed by atoms with E-state index in [9.17, 15) is 10.1 Å². The second-order valence-corrected chi connectivity index (χ2v) is 2.51. The second kappa shape index (κ2) is 5.89. The van der Waals surface area contributed by atoms with Crippen molar-refractivity contribution >= 4 is 0 Å². The van der Waals surface area contributed by atoms with Crippen LogP contribution >= 0.6 is 0 Å². The van der Waals surface area contributed by atoms with Crippen LogP contribution in [0.1, 0.15) is 33.1 Å². The van der Waals surface area contributed by atoms with Gasteiger partial charge in [0, 0.05) is 4.92 Å². The van der Waals surface area contributed by atoms with E-state index in [1.165, 1.54) is 0 Å². The van der Waals surface area contributed by atoms with Gasteiger partial charge in [-0.15, -0.1) is 0 Å². The van der Waals surface area contributed by atoms with Crippen molar-refractivity contribution in [3.63, 3.8) is 0 Å². The van der Waals surface area contributed by atoms with Crippen molar-refractivity contribution in [3.05, 3.63) is 21.8 Å². The van der Waals surface area contributed by atoms with Gasteiger partial charge >= 0.3 is 0 Å². The van der Waals surface area contributed by atoms with Gasteiger partial charge in [-0.2, -0.15) is 0 Å². The Hall–Kier alpha value is -0.860. The van der Waals surface area contributed by atoms with Crippen LogP contribution in [0.2, 0.25) is 0 Å². The van der Waals surface area contributed by atoms with Crippen molar-refractivity contribution in [2.75, 3.05) is 6.54 Å². The minimum Gasteiger partial charge on any atom is -0.264 e. The van der Waals surface area contributed by atoms with Crippen LogP contribution in [0.25, 0.3) is 0 Å². The summed E-state index contributed by atoms with van der Waals surface area (Å²) in [5.74, 6) is 0. The lowest BCUT2D eigenvalue weighted by Gasteiger charge is -1.98. The molecular formula is C8H15NO2. The smallest absolute Gasteiger partial charge is 0.224 e.